The Bertz CT molecular complexity index is 1030. The number of carbonyl (C=O) groups excluding carboxylic acids is 2. The molecule has 10 heteroatoms. The minimum atomic E-state index is -4.47. The van der Waals surface area contributed by atoms with Crippen LogP contribution in [0.15, 0.2) is 42.6 Å². The summed E-state index contributed by atoms with van der Waals surface area (Å²) >= 11 is 0. The maximum Gasteiger partial charge on any atom is 0.416 e. The zero-order chi connectivity index (χ0) is 24.8. The molecule has 3 N–H and O–H groups in total. The Hall–Kier alpha value is -3.30. The summed E-state index contributed by atoms with van der Waals surface area (Å²) in [6, 6.07) is 8.06. The van der Waals surface area contributed by atoms with E-state index in [1.807, 2.05) is 0 Å². The highest BCUT2D eigenvalue weighted by molar-refractivity contribution is 5.99. The van der Waals surface area contributed by atoms with Crippen LogP contribution in [0.4, 0.5) is 29.5 Å². The second-order valence-corrected chi connectivity index (χ2v) is 9.12. The molecule has 3 amide bonds. The fourth-order valence-corrected chi connectivity index (χ4v) is 4.64. The highest BCUT2D eigenvalue weighted by Crippen LogP contribution is 2.31. The van der Waals surface area contributed by atoms with Crippen molar-refractivity contribution in [2.45, 2.75) is 63.2 Å². The van der Waals surface area contributed by atoms with Crippen molar-refractivity contribution in [1.29, 1.82) is 0 Å². The number of likely N-dealkylation sites (tertiary alicyclic amines) is 1. The van der Waals surface area contributed by atoms with Gasteiger partial charge in [0.25, 0.3) is 5.91 Å². The molecule has 4 rings (SSSR count). The summed E-state index contributed by atoms with van der Waals surface area (Å²) in [6.07, 6.45) is 3.81. The first kappa shape index (κ1) is 24.8. The first-order valence-electron chi connectivity index (χ1n) is 12.1. The van der Waals surface area contributed by atoms with Crippen LogP contribution in [0, 0.1) is 0 Å². The highest BCUT2D eigenvalue weighted by Gasteiger charge is 2.31. The van der Waals surface area contributed by atoms with Gasteiger partial charge in [-0.15, -0.1) is 0 Å². The molecule has 35 heavy (non-hydrogen) atoms. The zero-order valence-electron chi connectivity index (χ0n) is 19.4. The minimum absolute atomic E-state index is 0.0146. The van der Waals surface area contributed by atoms with Crippen LogP contribution in [0.25, 0.3) is 0 Å². The number of hydrogen-bond acceptors (Lipinski definition) is 4. The number of hydrogen-bond donors (Lipinski definition) is 3. The summed E-state index contributed by atoms with van der Waals surface area (Å²) in [5.41, 5.74) is -0.306. The second kappa shape index (κ2) is 11.0. The number of carbonyl (C=O) groups is 2. The van der Waals surface area contributed by atoms with Crippen molar-refractivity contribution in [3.05, 3.63) is 53.7 Å². The number of urea groups is 1. The molecule has 2 aromatic rings. The van der Waals surface area contributed by atoms with E-state index in [9.17, 15) is 22.8 Å². The van der Waals surface area contributed by atoms with E-state index in [4.69, 9.17) is 0 Å². The van der Waals surface area contributed by atoms with E-state index in [2.05, 4.69) is 20.9 Å². The molecule has 2 heterocycles. The predicted octanol–water partition coefficient (Wildman–Crippen LogP) is 5.08. The van der Waals surface area contributed by atoms with E-state index in [1.54, 1.807) is 17.0 Å². The molecule has 1 aliphatic carbocycles. The summed E-state index contributed by atoms with van der Waals surface area (Å²) in [5, 5.41) is 8.93. The van der Waals surface area contributed by atoms with Crippen LogP contribution in [0.3, 0.4) is 0 Å². The van der Waals surface area contributed by atoms with Crippen molar-refractivity contribution < 1.29 is 22.8 Å². The van der Waals surface area contributed by atoms with E-state index < -0.39 is 11.7 Å². The molecule has 1 aromatic carbocycles. The lowest BCUT2D eigenvalue weighted by Gasteiger charge is -2.33. The van der Waals surface area contributed by atoms with E-state index in [-0.39, 0.29) is 41.1 Å². The third-order valence-electron chi connectivity index (χ3n) is 6.55. The smallest absolute Gasteiger partial charge is 0.340 e. The van der Waals surface area contributed by atoms with Gasteiger partial charge in [0, 0.05) is 37.1 Å². The molecule has 188 valence electrons. The van der Waals surface area contributed by atoms with Gasteiger partial charge >= 0.3 is 12.2 Å². The fraction of sp³-hybridized carbons (Fsp3) is 0.480. The van der Waals surface area contributed by atoms with Crippen molar-refractivity contribution in [2.24, 2.45) is 0 Å². The zero-order valence-corrected chi connectivity index (χ0v) is 19.4. The number of amides is 3. The van der Waals surface area contributed by atoms with Crippen LogP contribution in [0.5, 0.6) is 0 Å². The average Bonchev–Trinajstić information content (AvgIpc) is 2.85. The number of rotatable bonds is 5. The Morgan fingerprint density at radius 3 is 2.29 bits per heavy atom. The van der Waals surface area contributed by atoms with Gasteiger partial charge in [-0.05, 0) is 56.0 Å². The number of benzene rings is 1. The molecular formula is C25H30F3N5O2. The molecule has 0 radical (unpaired) electrons. The molecule has 0 unspecified atom stereocenters. The van der Waals surface area contributed by atoms with Gasteiger partial charge in [0.1, 0.15) is 5.82 Å². The van der Waals surface area contributed by atoms with Crippen molar-refractivity contribution in [3.63, 3.8) is 0 Å². The SMILES string of the molecule is O=C(NC1CCCCC1)NC1CCN(C(=O)c2cccnc2Nc2cccc(C(F)(F)F)c2)CC1. The highest BCUT2D eigenvalue weighted by atomic mass is 19.4. The van der Waals surface area contributed by atoms with Crippen molar-refractivity contribution in [3.8, 4) is 0 Å². The fourth-order valence-electron chi connectivity index (χ4n) is 4.64. The van der Waals surface area contributed by atoms with Gasteiger partial charge in [-0.3, -0.25) is 4.79 Å². The molecule has 1 aromatic heterocycles. The Kier molecular flexibility index (Phi) is 7.77. The number of pyridine rings is 1. The topological polar surface area (TPSA) is 86.4 Å². The van der Waals surface area contributed by atoms with Crippen molar-refractivity contribution >= 4 is 23.4 Å². The van der Waals surface area contributed by atoms with Crippen LogP contribution in [0.2, 0.25) is 0 Å². The molecule has 2 fully saturated rings. The lowest BCUT2D eigenvalue weighted by atomic mass is 9.96. The second-order valence-electron chi connectivity index (χ2n) is 9.12. The van der Waals surface area contributed by atoms with E-state index >= 15 is 0 Å². The molecule has 1 saturated carbocycles. The number of aromatic nitrogens is 1. The Balaban J connectivity index is 1.34. The molecule has 0 spiro atoms. The predicted molar refractivity (Wildman–Crippen MR) is 126 cm³/mol. The summed E-state index contributed by atoms with van der Waals surface area (Å²) in [7, 11) is 0. The van der Waals surface area contributed by atoms with Gasteiger partial charge in [0.05, 0.1) is 11.1 Å². The third kappa shape index (κ3) is 6.64. The number of nitrogens with zero attached hydrogens (tertiary/aromatic N) is 2. The molecule has 1 aliphatic heterocycles. The standard InChI is InChI=1S/C25H30F3N5O2/c26-25(27,28)17-6-4-9-20(16-17)30-22-21(10-5-13-29-22)23(34)33-14-11-19(12-15-33)32-24(35)31-18-7-2-1-3-8-18/h4-6,9-10,13,16,18-19H,1-3,7-8,11-12,14-15H2,(H,29,30)(H2,31,32,35). The molecule has 0 bridgehead atoms. The van der Waals surface area contributed by atoms with E-state index in [0.717, 1.165) is 37.8 Å². The summed E-state index contributed by atoms with van der Waals surface area (Å²) < 4.78 is 39.2. The lowest BCUT2D eigenvalue weighted by molar-refractivity contribution is -0.137. The number of anilines is 2. The van der Waals surface area contributed by atoms with Gasteiger partial charge in [0.2, 0.25) is 0 Å². The number of piperidine rings is 1. The molecule has 1 saturated heterocycles. The van der Waals surface area contributed by atoms with Crippen LogP contribution in [-0.4, -0.2) is 47.0 Å². The number of halogens is 3. The Labute approximate surface area is 202 Å². The maximum atomic E-state index is 13.2. The van der Waals surface area contributed by atoms with Crippen molar-refractivity contribution in [1.82, 2.24) is 20.5 Å². The van der Waals surface area contributed by atoms with E-state index in [1.165, 1.54) is 24.8 Å². The first-order valence-corrected chi connectivity index (χ1v) is 12.1. The van der Waals surface area contributed by atoms with Crippen molar-refractivity contribution in [2.75, 3.05) is 18.4 Å². The first-order chi connectivity index (χ1) is 16.8. The Morgan fingerprint density at radius 2 is 1.60 bits per heavy atom. The number of alkyl halides is 3. The quantitative estimate of drug-likeness (QED) is 0.547. The third-order valence-corrected chi connectivity index (χ3v) is 6.55. The van der Waals surface area contributed by atoms with Gasteiger partial charge in [0.15, 0.2) is 0 Å². The minimum Gasteiger partial charge on any atom is -0.340 e. The van der Waals surface area contributed by atoms with Crippen LogP contribution in [0.1, 0.15) is 60.9 Å². The van der Waals surface area contributed by atoms with Crippen LogP contribution >= 0.6 is 0 Å². The summed E-state index contributed by atoms with van der Waals surface area (Å²) in [6.45, 7) is 0.927. The van der Waals surface area contributed by atoms with Gasteiger partial charge in [-0.2, -0.15) is 13.2 Å². The van der Waals surface area contributed by atoms with Gasteiger partial charge in [-0.25, -0.2) is 9.78 Å². The summed E-state index contributed by atoms with van der Waals surface area (Å²) in [5.74, 6) is -0.0541. The van der Waals surface area contributed by atoms with E-state index in [0.29, 0.717) is 25.9 Å². The molecular weight excluding hydrogens is 459 g/mol. The average molecular weight is 490 g/mol. The lowest BCUT2D eigenvalue weighted by Crippen LogP contribution is -2.51. The van der Waals surface area contributed by atoms with Gasteiger partial charge < -0.3 is 20.9 Å². The monoisotopic (exact) mass is 489 g/mol. The summed E-state index contributed by atoms with van der Waals surface area (Å²) in [4.78, 5) is 31.4. The van der Waals surface area contributed by atoms with Gasteiger partial charge in [-0.1, -0.05) is 25.3 Å². The molecule has 2 aliphatic rings. The molecule has 0 atom stereocenters. The van der Waals surface area contributed by atoms with Crippen LogP contribution < -0.4 is 16.0 Å². The maximum absolute atomic E-state index is 13.2. The molecule has 7 nitrogen and oxygen atoms in total. The largest absolute Gasteiger partial charge is 0.416 e. The van der Waals surface area contributed by atoms with Crippen LogP contribution in [-0.2, 0) is 6.18 Å². The Morgan fingerprint density at radius 1 is 0.914 bits per heavy atom. The normalized spacial score (nSPS) is 17.6. The number of nitrogens with one attached hydrogen (secondary N) is 3.